The van der Waals surface area contributed by atoms with Gasteiger partial charge in [-0.15, -0.1) is 0 Å². The van der Waals surface area contributed by atoms with Crippen LogP contribution in [0.15, 0.2) is 0 Å². The fraction of sp³-hybridized carbons (Fsp3) is 1.00. The second kappa shape index (κ2) is 5.16. The summed E-state index contributed by atoms with van der Waals surface area (Å²) in [6, 6.07) is 0.773. The van der Waals surface area contributed by atoms with Crippen molar-refractivity contribution >= 4 is 0 Å². The summed E-state index contributed by atoms with van der Waals surface area (Å²) in [5.41, 5.74) is 0.505. The Morgan fingerprint density at radius 3 is 2.57 bits per heavy atom. The molecule has 1 saturated heterocycles. The molecule has 1 nitrogen and oxygen atoms in total. The van der Waals surface area contributed by atoms with Crippen LogP contribution < -0.4 is 5.32 Å². The van der Waals surface area contributed by atoms with Gasteiger partial charge in [-0.1, -0.05) is 40.5 Å². The number of hydrogen-bond acceptors (Lipinski definition) is 1. The van der Waals surface area contributed by atoms with Crippen LogP contribution >= 0.6 is 0 Å². The van der Waals surface area contributed by atoms with E-state index in [0.717, 1.165) is 12.0 Å². The normalized spacial score (nSPS) is 23.4. The quantitative estimate of drug-likeness (QED) is 0.710. The second-order valence-corrected chi connectivity index (χ2v) is 5.92. The van der Waals surface area contributed by atoms with Gasteiger partial charge in [0.1, 0.15) is 0 Å². The molecule has 84 valence electrons. The van der Waals surface area contributed by atoms with Crippen LogP contribution in [-0.4, -0.2) is 12.6 Å². The van der Waals surface area contributed by atoms with Crippen LogP contribution in [-0.2, 0) is 0 Å². The standard InChI is InChI=1S/C13H27N/c1-11(2)7-5-9-13(3,4)12-8-6-10-14-12/h11-12,14H,5-10H2,1-4H3/t12-/m1/s1. The zero-order chi connectivity index (χ0) is 10.6. The Labute approximate surface area is 89.7 Å². The number of rotatable bonds is 5. The third-order valence-electron chi connectivity index (χ3n) is 3.61. The van der Waals surface area contributed by atoms with Crippen LogP contribution in [0.1, 0.15) is 59.8 Å². The van der Waals surface area contributed by atoms with Gasteiger partial charge in [-0.05, 0) is 37.1 Å². The van der Waals surface area contributed by atoms with Crippen LogP contribution in [0.2, 0.25) is 0 Å². The fourth-order valence-corrected chi connectivity index (χ4v) is 2.49. The molecule has 0 aromatic heterocycles. The van der Waals surface area contributed by atoms with Crippen LogP contribution in [0.3, 0.4) is 0 Å². The molecule has 0 aliphatic carbocycles. The van der Waals surface area contributed by atoms with Gasteiger partial charge in [-0.3, -0.25) is 0 Å². The van der Waals surface area contributed by atoms with E-state index in [2.05, 4.69) is 33.0 Å². The SMILES string of the molecule is CC(C)CCCC(C)(C)[C@H]1CCCN1. The molecule has 0 spiro atoms. The monoisotopic (exact) mass is 197 g/mol. The topological polar surface area (TPSA) is 12.0 Å². The molecule has 1 aliphatic heterocycles. The summed E-state index contributed by atoms with van der Waals surface area (Å²) < 4.78 is 0. The van der Waals surface area contributed by atoms with E-state index in [-0.39, 0.29) is 0 Å². The maximum Gasteiger partial charge on any atom is 0.0119 e. The van der Waals surface area contributed by atoms with Crippen molar-refractivity contribution < 1.29 is 0 Å². The lowest BCUT2D eigenvalue weighted by molar-refractivity contribution is 0.231. The summed E-state index contributed by atoms with van der Waals surface area (Å²) in [6.45, 7) is 10.7. The highest BCUT2D eigenvalue weighted by atomic mass is 15.0. The molecule has 0 amide bonds. The zero-order valence-corrected chi connectivity index (χ0v) is 10.4. The predicted molar refractivity (Wildman–Crippen MR) is 63.5 cm³/mol. The minimum Gasteiger partial charge on any atom is -0.313 e. The van der Waals surface area contributed by atoms with Gasteiger partial charge in [0.25, 0.3) is 0 Å². The first-order valence-electron chi connectivity index (χ1n) is 6.26. The molecular formula is C13H27N. The summed E-state index contributed by atoms with van der Waals surface area (Å²) in [4.78, 5) is 0. The smallest absolute Gasteiger partial charge is 0.0119 e. The van der Waals surface area contributed by atoms with E-state index in [1.807, 2.05) is 0 Å². The minimum absolute atomic E-state index is 0.505. The highest BCUT2D eigenvalue weighted by molar-refractivity contribution is 4.87. The lowest BCUT2D eigenvalue weighted by Gasteiger charge is -2.32. The van der Waals surface area contributed by atoms with Gasteiger partial charge in [0.2, 0.25) is 0 Å². The lowest BCUT2D eigenvalue weighted by Crippen LogP contribution is -2.37. The molecule has 1 heteroatoms. The molecule has 1 fully saturated rings. The van der Waals surface area contributed by atoms with E-state index in [1.54, 1.807) is 0 Å². The lowest BCUT2D eigenvalue weighted by atomic mass is 9.78. The second-order valence-electron chi connectivity index (χ2n) is 5.92. The van der Waals surface area contributed by atoms with E-state index >= 15 is 0 Å². The highest BCUT2D eigenvalue weighted by Crippen LogP contribution is 2.32. The molecule has 1 atom stereocenters. The molecule has 1 N–H and O–H groups in total. The summed E-state index contributed by atoms with van der Waals surface area (Å²) in [5.74, 6) is 0.863. The maximum absolute atomic E-state index is 3.63. The Bertz CT molecular complexity index is 155. The van der Waals surface area contributed by atoms with Gasteiger partial charge in [-0.2, -0.15) is 0 Å². The van der Waals surface area contributed by atoms with E-state index in [0.29, 0.717) is 5.41 Å². The Hall–Kier alpha value is -0.0400. The van der Waals surface area contributed by atoms with Crippen molar-refractivity contribution in [2.45, 2.75) is 65.8 Å². The molecule has 0 bridgehead atoms. The first kappa shape index (κ1) is 12.0. The van der Waals surface area contributed by atoms with E-state index in [1.165, 1.54) is 38.6 Å². The van der Waals surface area contributed by atoms with Crippen molar-refractivity contribution in [1.82, 2.24) is 5.32 Å². The molecule has 0 aromatic carbocycles. The largest absolute Gasteiger partial charge is 0.313 e. The maximum atomic E-state index is 3.63. The number of nitrogens with one attached hydrogen (secondary N) is 1. The fourth-order valence-electron chi connectivity index (χ4n) is 2.49. The molecule has 1 rings (SSSR count). The average Bonchev–Trinajstić information content (AvgIpc) is 2.54. The molecule has 14 heavy (non-hydrogen) atoms. The van der Waals surface area contributed by atoms with E-state index in [9.17, 15) is 0 Å². The molecule has 1 heterocycles. The molecule has 0 aromatic rings. The molecule has 1 aliphatic rings. The predicted octanol–water partition coefficient (Wildman–Crippen LogP) is 3.59. The van der Waals surface area contributed by atoms with E-state index in [4.69, 9.17) is 0 Å². The van der Waals surface area contributed by atoms with Crippen molar-refractivity contribution in [2.75, 3.05) is 6.54 Å². The first-order valence-corrected chi connectivity index (χ1v) is 6.26. The average molecular weight is 197 g/mol. The molecule has 0 saturated carbocycles. The Morgan fingerprint density at radius 1 is 1.36 bits per heavy atom. The summed E-state index contributed by atoms with van der Waals surface area (Å²) in [7, 11) is 0. The van der Waals surface area contributed by atoms with Crippen molar-refractivity contribution in [3.05, 3.63) is 0 Å². The zero-order valence-electron chi connectivity index (χ0n) is 10.4. The first-order chi connectivity index (χ1) is 6.52. The van der Waals surface area contributed by atoms with Crippen molar-refractivity contribution in [3.63, 3.8) is 0 Å². The third kappa shape index (κ3) is 3.61. The van der Waals surface area contributed by atoms with Crippen LogP contribution in [0.5, 0.6) is 0 Å². The molecule has 0 unspecified atom stereocenters. The van der Waals surface area contributed by atoms with Gasteiger partial charge in [0.05, 0.1) is 0 Å². The van der Waals surface area contributed by atoms with Gasteiger partial charge >= 0.3 is 0 Å². The van der Waals surface area contributed by atoms with Crippen LogP contribution in [0, 0.1) is 11.3 Å². The Balaban J connectivity index is 2.25. The third-order valence-corrected chi connectivity index (χ3v) is 3.61. The van der Waals surface area contributed by atoms with Gasteiger partial charge in [0, 0.05) is 6.04 Å². The Morgan fingerprint density at radius 2 is 2.07 bits per heavy atom. The van der Waals surface area contributed by atoms with Gasteiger partial charge in [-0.25, -0.2) is 0 Å². The van der Waals surface area contributed by atoms with Gasteiger partial charge in [0.15, 0.2) is 0 Å². The summed E-state index contributed by atoms with van der Waals surface area (Å²) in [6.07, 6.45) is 6.91. The Kier molecular flexibility index (Phi) is 4.43. The number of hydrogen-bond donors (Lipinski definition) is 1. The van der Waals surface area contributed by atoms with Gasteiger partial charge < -0.3 is 5.32 Å². The molecular weight excluding hydrogens is 170 g/mol. The summed E-state index contributed by atoms with van der Waals surface area (Å²) in [5, 5.41) is 3.63. The van der Waals surface area contributed by atoms with Crippen LogP contribution in [0.25, 0.3) is 0 Å². The van der Waals surface area contributed by atoms with Crippen molar-refractivity contribution in [2.24, 2.45) is 11.3 Å². The minimum atomic E-state index is 0.505. The van der Waals surface area contributed by atoms with Crippen LogP contribution in [0.4, 0.5) is 0 Å². The van der Waals surface area contributed by atoms with Crippen molar-refractivity contribution in [1.29, 1.82) is 0 Å². The highest BCUT2D eigenvalue weighted by Gasteiger charge is 2.30. The van der Waals surface area contributed by atoms with E-state index < -0.39 is 0 Å². The summed E-state index contributed by atoms with van der Waals surface area (Å²) >= 11 is 0. The van der Waals surface area contributed by atoms with Crippen molar-refractivity contribution in [3.8, 4) is 0 Å². The molecule has 0 radical (unpaired) electrons.